The van der Waals surface area contributed by atoms with Crippen LogP contribution in [0.15, 0.2) is 54.7 Å². The molecule has 2 unspecified atom stereocenters. The minimum Gasteiger partial charge on any atom is -0.487 e. The molecular formula is C25H27N3O3. The average molecular weight is 418 g/mol. The van der Waals surface area contributed by atoms with Crippen molar-refractivity contribution < 1.29 is 14.6 Å². The first-order valence-corrected chi connectivity index (χ1v) is 10.9. The summed E-state index contributed by atoms with van der Waals surface area (Å²) in [6.07, 6.45) is 4.89. The molecule has 0 saturated heterocycles. The fourth-order valence-electron chi connectivity index (χ4n) is 4.56. The molecule has 0 spiro atoms. The van der Waals surface area contributed by atoms with Crippen LogP contribution in [0, 0.1) is 0 Å². The van der Waals surface area contributed by atoms with Gasteiger partial charge >= 0.3 is 0 Å². The molecular weight excluding hydrogens is 390 g/mol. The van der Waals surface area contributed by atoms with E-state index in [0.717, 1.165) is 48.1 Å². The molecule has 160 valence electrons. The van der Waals surface area contributed by atoms with Gasteiger partial charge in [-0.15, -0.1) is 0 Å². The molecule has 1 amide bonds. The van der Waals surface area contributed by atoms with Gasteiger partial charge in [-0.05, 0) is 42.5 Å². The van der Waals surface area contributed by atoms with E-state index in [0.29, 0.717) is 24.4 Å². The highest BCUT2D eigenvalue weighted by atomic mass is 16.5. The highest BCUT2D eigenvalue weighted by Crippen LogP contribution is 2.34. The zero-order chi connectivity index (χ0) is 21.4. The van der Waals surface area contributed by atoms with Crippen LogP contribution in [0.1, 0.15) is 47.2 Å². The van der Waals surface area contributed by atoms with Crippen LogP contribution in [0.4, 0.5) is 0 Å². The van der Waals surface area contributed by atoms with Crippen LogP contribution in [-0.2, 0) is 20.1 Å². The Kier molecular flexibility index (Phi) is 5.24. The number of carbonyl (C=O) groups is 1. The molecule has 5 rings (SSSR count). The number of rotatable bonds is 5. The number of ether oxygens (including phenoxy) is 1. The fourth-order valence-corrected chi connectivity index (χ4v) is 4.56. The molecule has 0 bridgehead atoms. The van der Waals surface area contributed by atoms with E-state index in [-0.39, 0.29) is 12.0 Å². The van der Waals surface area contributed by atoms with Gasteiger partial charge in [0.05, 0.1) is 17.4 Å². The first kappa shape index (κ1) is 19.8. The second-order valence-electron chi connectivity index (χ2n) is 8.53. The van der Waals surface area contributed by atoms with Gasteiger partial charge in [0.15, 0.2) is 0 Å². The van der Waals surface area contributed by atoms with Gasteiger partial charge in [-0.3, -0.25) is 9.48 Å². The molecule has 1 saturated carbocycles. The number of benzene rings is 2. The summed E-state index contributed by atoms with van der Waals surface area (Å²) in [4.78, 5) is 15.1. The number of nitrogens with zero attached hydrogens (tertiary/aromatic N) is 3. The molecule has 2 aliphatic rings. The van der Waals surface area contributed by atoms with Crippen molar-refractivity contribution >= 4 is 5.91 Å². The summed E-state index contributed by atoms with van der Waals surface area (Å²) >= 11 is 0. The Labute approximate surface area is 182 Å². The average Bonchev–Trinajstić information content (AvgIpc) is 3.34. The largest absolute Gasteiger partial charge is 0.487 e. The molecule has 1 aromatic heterocycles. The quantitative estimate of drug-likeness (QED) is 0.683. The van der Waals surface area contributed by atoms with Crippen molar-refractivity contribution in [2.45, 2.75) is 51.0 Å². The maximum atomic E-state index is 13.2. The maximum Gasteiger partial charge on any atom is 0.258 e. The van der Waals surface area contributed by atoms with Gasteiger partial charge < -0.3 is 14.7 Å². The number of hydrogen-bond acceptors (Lipinski definition) is 4. The number of aromatic nitrogens is 2. The molecule has 1 aliphatic heterocycles. The number of aryl methyl sites for hydroxylation is 1. The minimum atomic E-state index is -0.463. The Balaban J connectivity index is 1.31. The van der Waals surface area contributed by atoms with Crippen LogP contribution in [0.2, 0.25) is 0 Å². The highest BCUT2D eigenvalue weighted by Gasteiger charge is 2.33. The van der Waals surface area contributed by atoms with Crippen molar-refractivity contribution in [2.75, 3.05) is 0 Å². The minimum absolute atomic E-state index is 0.00954. The van der Waals surface area contributed by atoms with Crippen LogP contribution in [0.5, 0.6) is 5.75 Å². The number of aliphatic hydroxyl groups excluding tert-OH is 1. The van der Waals surface area contributed by atoms with Crippen LogP contribution >= 0.6 is 0 Å². The van der Waals surface area contributed by atoms with Crippen LogP contribution in [-0.4, -0.2) is 37.9 Å². The zero-order valence-electron chi connectivity index (χ0n) is 17.7. The van der Waals surface area contributed by atoms with Crippen molar-refractivity contribution in [3.05, 3.63) is 71.4 Å². The van der Waals surface area contributed by atoms with Gasteiger partial charge in [0.2, 0.25) is 0 Å². The summed E-state index contributed by atoms with van der Waals surface area (Å²) < 4.78 is 7.93. The molecule has 2 heterocycles. The lowest BCUT2D eigenvalue weighted by molar-refractivity contribution is 0.00636. The summed E-state index contributed by atoms with van der Waals surface area (Å²) in [5.74, 6) is 0.589. The van der Waals surface area contributed by atoms with Crippen LogP contribution < -0.4 is 4.74 Å². The first-order chi connectivity index (χ1) is 15.1. The van der Waals surface area contributed by atoms with E-state index < -0.39 is 6.10 Å². The Morgan fingerprint density at radius 2 is 1.90 bits per heavy atom. The van der Waals surface area contributed by atoms with Gasteiger partial charge in [-0.2, -0.15) is 5.10 Å². The molecule has 1 aliphatic carbocycles. The summed E-state index contributed by atoms with van der Waals surface area (Å²) in [5, 5.41) is 14.7. The fraction of sp³-hybridized carbons (Fsp3) is 0.360. The molecule has 1 fully saturated rings. The Hall–Kier alpha value is -3.12. The molecule has 0 radical (unpaired) electrons. The van der Waals surface area contributed by atoms with Crippen LogP contribution in [0.3, 0.4) is 0 Å². The topological polar surface area (TPSA) is 67.6 Å². The predicted molar refractivity (Wildman–Crippen MR) is 118 cm³/mol. The van der Waals surface area contributed by atoms with E-state index in [9.17, 15) is 9.90 Å². The van der Waals surface area contributed by atoms with Crippen molar-refractivity contribution in [1.29, 1.82) is 0 Å². The Bertz CT molecular complexity index is 1090. The normalized spacial score (nSPS) is 20.7. The van der Waals surface area contributed by atoms with Gasteiger partial charge in [0.25, 0.3) is 5.91 Å². The second kappa shape index (κ2) is 8.19. The molecule has 1 N–H and O–H groups in total. The molecule has 2 atom stereocenters. The lowest BCUT2D eigenvalue weighted by atomic mass is 9.94. The van der Waals surface area contributed by atoms with Gasteiger partial charge in [-0.1, -0.05) is 42.8 Å². The molecule has 6 heteroatoms. The lowest BCUT2D eigenvalue weighted by Crippen LogP contribution is -2.35. The maximum absolute atomic E-state index is 13.2. The van der Waals surface area contributed by atoms with E-state index in [1.54, 1.807) is 4.68 Å². The number of aliphatic hydroxyl groups is 1. The monoisotopic (exact) mass is 417 g/mol. The number of fused-ring (bicyclic) bond motifs is 1. The first-order valence-electron chi connectivity index (χ1n) is 10.9. The summed E-state index contributed by atoms with van der Waals surface area (Å²) in [6, 6.07) is 16.0. The van der Waals surface area contributed by atoms with Gasteiger partial charge in [0, 0.05) is 31.9 Å². The highest BCUT2D eigenvalue weighted by molar-refractivity contribution is 6.01. The van der Waals surface area contributed by atoms with E-state index in [4.69, 9.17) is 4.74 Å². The van der Waals surface area contributed by atoms with E-state index in [1.807, 2.05) is 54.5 Å². The third kappa shape index (κ3) is 3.95. The van der Waals surface area contributed by atoms with Crippen LogP contribution in [0.25, 0.3) is 11.3 Å². The third-order valence-corrected chi connectivity index (χ3v) is 6.26. The molecule has 31 heavy (non-hydrogen) atoms. The molecule has 6 nitrogen and oxygen atoms in total. The Morgan fingerprint density at radius 1 is 1.10 bits per heavy atom. The van der Waals surface area contributed by atoms with E-state index in [1.165, 1.54) is 0 Å². The number of amides is 1. The SMILES string of the molecule is Cn1ccc(-c2ccc(CN3Cc4cccc(OC5CCCCC5O)c4C3=O)cc2)n1. The van der Waals surface area contributed by atoms with Crippen molar-refractivity contribution in [3.63, 3.8) is 0 Å². The predicted octanol–water partition coefficient (Wildman–Crippen LogP) is 3.93. The zero-order valence-corrected chi connectivity index (χ0v) is 17.7. The second-order valence-corrected chi connectivity index (χ2v) is 8.53. The van der Waals surface area contributed by atoms with Crippen molar-refractivity contribution in [2.24, 2.45) is 7.05 Å². The van der Waals surface area contributed by atoms with E-state index >= 15 is 0 Å². The molecule has 2 aromatic carbocycles. The smallest absolute Gasteiger partial charge is 0.258 e. The number of carbonyl (C=O) groups excluding carboxylic acids is 1. The standard InChI is InChI=1S/C25H27N3O3/c1-27-14-13-20(26-27)18-11-9-17(10-12-18)15-28-16-19-5-4-8-23(24(19)25(28)30)31-22-7-3-2-6-21(22)29/h4-5,8-14,21-22,29H,2-3,6-7,15-16H2,1H3. The Morgan fingerprint density at radius 3 is 2.65 bits per heavy atom. The summed E-state index contributed by atoms with van der Waals surface area (Å²) in [5.41, 5.74) is 4.70. The molecule has 3 aromatic rings. The van der Waals surface area contributed by atoms with Gasteiger partial charge in [-0.25, -0.2) is 0 Å². The lowest BCUT2D eigenvalue weighted by Gasteiger charge is -2.28. The van der Waals surface area contributed by atoms with Crippen molar-refractivity contribution in [1.82, 2.24) is 14.7 Å². The van der Waals surface area contributed by atoms with E-state index in [2.05, 4.69) is 17.2 Å². The third-order valence-electron chi connectivity index (χ3n) is 6.26. The van der Waals surface area contributed by atoms with Crippen molar-refractivity contribution in [3.8, 4) is 17.0 Å². The van der Waals surface area contributed by atoms with Gasteiger partial charge in [0.1, 0.15) is 11.9 Å². The summed E-state index contributed by atoms with van der Waals surface area (Å²) in [7, 11) is 1.90. The summed E-state index contributed by atoms with van der Waals surface area (Å²) in [6.45, 7) is 1.11. The number of hydrogen-bond donors (Lipinski definition) is 1.